The highest BCUT2D eigenvalue weighted by molar-refractivity contribution is 7.91. The van der Waals surface area contributed by atoms with Crippen molar-refractivity contribution in [3.05, 3.63) is 103 Å². The maximum absolute atomic E-state index is 15.3. The van der Waals surface area contributed by atoms with Crippen LogP contribution in [0.2, 0.25) is 41.3 Å². The average Bonchev–Trinajstić information content (AvgIpc) is 3.16. The van der Waals surface area contributed by atoms with Crippen LogP contribution in [0.25, 0.3) is 0 Å². The van der Waals surface area contributed by atoms with Crippen molar-refractivity contribution in [3.8, 4) is 0 Å². The van der Waals surface area contributed by atoms with Crippen LogP contribution in [0.5, 0.6) is 0 Å². The summed E-state index contributed by atoms with van der Waals surface area (Å²) in [5, 5.41) is 1.87. The molecule has 62 heavy (non-hydrogen) atoms. The lowest BCUT2D eigenvalue weighted by molar-refractivity contribution is -0.284. The van der Waals surface area contributed by atoms with E-state index in [-0.39, 0.29) is 45.2 Å². The molecule has 4 atom stereocenters. The zero-order valence-corrected chi connectivity index (χ0v) is 44.8. The normalized spacial score (nSPS) is 20.6. The first kappa shape index (κ1) is 52.1. The first-order valence-corrected chi connectivity index (χ1v) is 31.6. The quantitative estimate of drug-likeness (QED) is 0.0976. The van der Waals surface area contributed by atoms with Gasteiger partial charge in [0.2, 0.25) is 11.6 Å². The summed E-state index contributed by atoms with van der Waals surface area (Å²) < 4.78 is 63.2. The Kier molecular flexibility index (Phi) is 16.1. The SMILES string of the molecule is CO[C@@]1(C(C)(C)CS(=O)(=O)c2ccccc2)O[C@H](C[C@@H](O[Si](C)(C)C(C)(C)C)[C@@H](C)O[Si](C)(C)C(C)(C)C)C/C(=C\CO[Si](c2ccccc2)(c2ccccc2)C(C)(C)C)C1=O. The number of methoxy groups -OCH3 is 1. The third-order valence-electron chi connectivity index (χ3n) is 13.8. The molecule has 1 aliphatic rings. The first-order chi connectivity index (χ1) is 28.4. The fraction of sp³-hybridized carbons (Fsp3) is 0.580. The summed E-state index contributed by atoms with van der Waals surface area (Å²) in [6.45, 7) is 34.8. The number of benzene rings is 3. The standard InChI is InChI=1S/C50H78O8SSi3/c1-38(57-60(14,15)46(2,3)4)44(58-61(16,17)47(5,6)7)36-40-35-39(45(51)50(54-13,56-40)49(11,12)37-59(52,53)41-27-21-18-22-28-41)33-34-55-62(48(8,9)10,42-29-23-19-24-30-42)43-31-25-20-26-32-43/h18-33,38,40,44H,34-37H2,1-17H3/b39-33+/t38-,40+,44-,50-/m1/s1. The lowest BCUT2D eigenvalue weighted by atomic mass is 9.76. The minimum atomic E-state index is -3.88. The highest BCUT2D eigenvalue weighted by Crippen LogP contribution is 2.47. The van der Waals surface area contributed by atoms with Crippen molar-refractivity contribution in [2.75, 3.05) is 19.5 Å². The van der Waals surface area contributed by atoms with Gasteiger partial charge in [0.15, 0.2) is 26.5 Å². The molecular formula is C50H78O8SSi3. The fourth-order valence-electron chi connectivity index (χ4n) is 8.25. The van der Waals surface area contributed by atoms with E-state index in [0.29, 0.717) is 12.0 Å². The molecule has 1 saturated heterocycles. The molecular weight excluding hydrogens is 845 g/mol. The second-order valence-electron chi connectivity index (χ2n) is 22.0. The number of hydrogen-bond donors (Lipinski definition) is 0. The highest BCUT2D eigenvalue weighted by atomic mass is 32.2. The number of hydrogen-bond acceptors (Lipinski definition) is 8. The Bertz CT molecular complexity index is 2040. The zero-order valence-electron chi connectivity index (χ0n) is 41.0. The van der Waals surface area contributed by atoms with E-state index in [1.807, 2.05) is 18.2 Å². The summed E-state index contributed by atoms with van der Waals surface area (Å²) in [6.07, 6.45) is 1.29. The van der Waals surface area contributed by atoms with Gasteiger partial charge in [0.1, 0.15) is 0 Å². The molecule has 3 aromatic rings. The van der Waals surface area contributed by atoms with Gasteiger partial charge in [0.05, 0.1) is 35.6 Å². The molecule has 0 bridgehead atoms. The molecule has 1 aliphatic heterocycles. The maximum Gasteiger partial charge on any atom is 0.261 e. The Morgan fingerprint density at radius 3 is 1.61 bits per heavy atom. The maximum atomic E-state index is 15.3. The number of Topliss-reactive ketones (excluding diaryl/α,β-unsaturated/α-hetero) is 1. The summed E-state index contributed by atoms with van der Waals surface area (Å²) in [7, 11) is -10.0. The van der Waals surface area contributed by atoms with E-state index in [0.717, 1.165) is 10.4 Å². The number of carbonyl (C=O) groups is 1. The molecule has 12 heteroatoms. The number of ketones is 1. The van der Waals surface area contributed by atoms with Gasteiger partial charge < -0.3 is 22.8 Å². The molecule has 0 aromatic heterocycles. The van der Waals surface area contributed by atoms with Crippen molar-refractivity contribution in [1.29, 1.82) is 0 Å². The molecule has 0 radical (unpaired) electrons. The van der Waals surface area contributed by atoms with E-state index in [4.69, 9.17) is 22.8 Å². The van der Waals surface area contributed by atoms with E-state index in [1.165, 1.54) is 7.11 Å². The largest absolute Gasteiger partial charge is 0.412 e. The second-order valence-corrected chi connectivity index (χ2v) is 37.8. The highest BCUT2D eigenvalue weighted by Gasteiger charge is 2.60. The van der Waals surface area contributed by atoms with Gasteiger partial charge in [-0.15, -0.1) is 0 Å². The number of rotatable bonds is 17. The Labute approximate surface area is 378 Å². The summed E-state index contributed by atoms with van der Waals surface area (Å²) in [5.41, 5.74) is -0.862. The van der Waals surface area contributed by atoms with Crippen LogP contribution in [0, 0.1) is 5.41 Å². The van der Waals surface area contributed by atoms with Crippen molar-refractivity contribution in [3.63, 3.8) is 0 Å². The predicted octanol–water partition coefficient (Wildman–Crippen LogP) is 10.9. The molecule has 1 heterocycles. The van der Waals surface area contributed by atoms with Gasteiger partial charge in [-0.1, -0.05) is 161 Å². The van der Waals surface area contributed by atoms with E-state index in [9.17, 15) is 8.42 Å². The van der Waals surface area contributed by atoms with E-state index >= 15 is 4.79 Å². The zero-order chi connectivity index (χ0) is 46.8. The Morgan fingerprint density at radius 1 is 0.726 bits per heavy atom. The Hall–Kier alpha value is -2.53. The fourth-order valence-corrected chi connectivity index (χ4v) is 17.4. The van der Waals surface area contributed by atoms with E-state index < -0.39 is 63.6 Å². The van der Waals surface area contributed by atoms with Crippen LogP contribution >= 0.6 is 0 Å². The van der Waals surface area contributed by atoms with E-state index in [1.54, 1.807) is 44.2 Å². The summed E-state index contributed by atoms with van der Waals surface area (Å²) >= 11 is 0. The van der Waals surface area contributed by atoms with Gasteiger partial charge in [-0.2, -0.15) is 0 Å². The van der Waals surface area contributed by atoms with Crippen LogP contribution in [0.4, 0.5) is 0 Å². The van der Waals surface area contributed by atoms with Crippen molar-refractivity contribution < 1.29 is 36.0 Å². The third kappa shape index (κ3) is 11.1. The van der Waals surface area contributed by atoms with Crippen LogP contribution in [0.3, 0.4) is 0 Å². The molecule has 8 nitrogen and oxygen atoms in total. The third-order valence-corrected chi connectivity index (χ3v) is 30.0. The molecule has 4 rings (SSSR count). The van der Waals surface area contributed by atoms with Gasteiger partial charge >= 0.3 is 0 Å². The van der Waals surface area contributed by atoms with Gasteiger partial charge in [-0.3, -0.25) is 4.79 Å². The molecule has 0 N–H and O–H groups in total. The lowest BCUT2D eigenvalue weighted by Gasteiger charge is -2.50. The van der Waals surface area contributed by atoms with Crippen molar-refractivity contribution in [1.82, 2.24) is 0 Å². The monoisotopic (exact) mass is 922 g/mol. The average molecular weight is 923 g/mol. The minimum Gasteiger partial charge on any atom is -0.412 e. The molecule has 0 aliphatic carbocycles. The summed E-state index contributed by atoms with van der Waals surface area (Å²) in [4.78, 5) is 15.4. The molecule has 3 aromatic carbocycles. The van der Waals surface area contributed by atoms with Crippen LogP contribution in [-0.2, 0) is 37.4 Å². The van der Waals surface area contributed by atoms with Gasteiger partial charge in [-0.05, 0) is 70.7 Å². The minimum absolute atomic E-state index is 0.0307. The van der Waals surface area contributed by atoms with Crippen LogP contribution in [0.15, 0.2) is 108 Å². The molecule has 0 unspecified atom stereocenters. The number of carbonyl (C=O) groups excluding carboxylic acids is 1. The first-order valence-electron chi connectivity index (χ1n) is 22.2. The van der Waals surface area contributed by atoms with Crippen LogP contribution in [0.1, 0.15) is 95.9 Å². The summed E-state index contributed by atoms with van der Waals surface area (Å²) in [6, 6.07) is 29.2. The summed E-state index contributed by atoms with van der Waals surface area (Å²) in [5.74, 6) is -2.74. The molecule has 1 fully saturated rings. The molecule has 0 amide bonds. The van der Waals surface area contributed by atoms with Crippen LogP contribution < -0.4 is 10.4 Å². The van der Waals surface area contributed by atoms with Crippen molar-refractivity contribution >= 4 is 50.9 Å². The second kappa shape index (κ2) is 19.1. The van der Waals surface area contributed by atoms with Crippen molar-refractivity contribution in [2.45, 2.75) is 166 Å². The van der Waals surface area contributed by atoms with Crippen LogP contribution in [-0.4, -0.2) is 82.7 Å². The van der Waals surface area contributed by atoms with Gasteiger partial charge in [0.25, 0.3) is 8.32 Å². The Morgan fingerprint density at radius 2 is 1.18 bits per heavy atom. The molecule has 0 saturated carbocycles. The van der Waals surface area contributed by atoms with Crippen molar-refractivity contribution in [2.24, 2.45) is 5.41 Å². The van der Waals surface area contributed by atoms with Gasteiger partial charge in [-0.25, -0.2) is 8.42 Å². The smallest absolute Gasteiger partial charge is 0.261 e. The topological polar surface area (TPSA) is 97.4 Å². The van der Waals surface area contributed by atoms with Gasteiger partial charge in [0, 0.05) is 30.9 Å². The molecule has 0 spiro atoms. The molecule has 344 valence electrons. The predicted molar refractivity (Wildman–Crippen MR) is 263 cm³/mol. The van der Waals surface area contributed by atoms with E-state index in [2.05, 4.69) is 144 Å². The number of sulfone groups is 1. The lowest BCUT2D eigenvalue weighted by Crippen LogP contribution is -2.66. The number of ether oxygens (including phenoxy) is 2. The Balaban J connectivity index is 1.88.